The number of H-pyrrole nitrogens is 1. The number of aromatic nitrogens is 1. The first kappa shape index (κ1) is 22.8. The maximum Gasteiger partial charge on any atom is 0.313 e. The minimum atomic E-state index is -0.731. The minimum absolute atomic E-state index is 0.132. The number of aryl methyl sites for hydroxylation is 3. The summed E-state index contributed by atoms with van der Waals surface area (Å²) in [6.45, 7) is 6.60. The van der Waals surface area contributed by atoms with Gasteiger partial charge in [-0.3, -0.25) is 14.4 Å². The van der Waals surface area contributed by atoms with Gasteiger partial charge in [0.25, 0.3) is 11.5 Å². The number of nitrogens with zero attached hydrogens (tertiary/aromatic N) is 1. The SMILES string of the molecule is CCOC(=O)C1(CCCc2ccccc2)CCCN(C(=O)c2cc(C)c(C)[nH]c2=O)C1. The molecule has 6 nitrogen and oxygen atoms in total. The van der Waals surface area contributed by atoms with Crippen molar-refractivity contribution >= 4 is 11.9 Å². The number of amides is 1. The molecule has 1 aromatic heterocycles. The molecule has 3 rings (SSSR count). The number of esters is 1. The van der Waals surface area contributed by atoms with Gasteiger partial charge in [0, 0.05) is 18.8 Å². The van der Waals surface area contributed by atoms with Gasteiger partial charge in [0.2, 0.25) is 0 Å². The van der Waals surface area contributed by atoms with Crippen molar-refractivity contribution in [1.29, 1.82) is 0 Å². The van der Waals surface area contributed by atoms with Crippen LogP contribution >= 0.6 is 0 Å². The molecule has 1 aromatic carbocycles. The highest BCUT2D eigenvalue weighted by atomic mass is 16.5. The molecule has 1 saturated heterocycles. The Labute approximate surface area is 183 Å². The second kappa shape index (κ2) is 9.94. The largest absolute Gasteiger partial charge is 0.466 e. The number of rotatable bonds is 7. The molecule has 1 aliphatic rings. The molecule has 0 spiro atoms. The van der Waals surface area contributed by atoms with Gasteiger partial charge in [0.15, 0.2) is 0 Å². The summed E-state index contributed by atoms with van der Waals surface area (Å²) in [4.78, 5) is 43.0. The predicted octanol–water partition coefficient (Wildman–Crippen LogP) is 3.80. The number of aromatic amines is 1. The van der Waals surface area contributed by atoms with Gasteiger partial charge in [-0.2, -0.15) is 0 Å². The van der Waals surface area contributed by atoms with Gasteiger partial charge < -0.3 is 14.6 Å². The van der Waals surface area contributed by atoms with E-state index in [0.29, 0.717) is 32.4 Å². The molecule has 166 valence electrons. The molecule has 1 fully saturated rings. The summed E-state index contributed by atoms with van der Waals surface area (Å²) in [5.74, 6) is -0.560. The summed E-state index contributed by atoms with van der Waals surface area (Å²) in [6, 6.07) is 11.8. The molecular formula is C25H32N2O4. The molecule has 31 heavy (non-hydrogen) atoms. The van der Waals surface area contributed by atoms with Crippen LogP contribution in [-0.2, 0) is 16.0 Å². The number of pyridine rings is 1. The summed E-state index contributed by atoms with van der Waals surface area (Å²) in [5, 5.41) is 0. The lowest BCUT2D eigenvalue weighted by Crippen LogP contribution is -2.51. The molecule has 0 radical (unpaired) electrons. The first-order valence-electron chi connectivity index (χ1n) is 11.1. The maximum atomic E-state index is 13.2. The van der Waals surface area contributed by atoms with E-state index in [1.165, 1.54) is 5.56 Å². The molecule has 1 unspecified atom stereocenters. The zero-order valence-corrected chi connectivity index (χ0v) is 18.7. The number of carbonyl (C=O) groups is 2. The summed E-state index contributed by atoms with van der Waals surface area (Å²) < 4.78 is 5.44. The quantitative estimate of drug-likeness (QED) is 0.686. The number of ether oxygens (including phenoxy) is 1. The molecule has 1 atom stereocenters. The van der Waals surface area contributed by atoms with Crippen molar-refractivity contribution in [2.24, 2.45) is 5.41 Å². The Bertz CT molecular complexity index is 983. The molecule has 0 saturated carbocycles. The second-order valence-corrected chi connectivity index (χ2v) is 8.49. The van der Waals surface area contributed by atoms with Crippen LogP contribution in [0.5, 0.6) is 0 Å². The monoisotopic (exact) mass is 424 g/mol. The second-order valence-electron chi connectivity index (χ2n) is 8.49. The number of hydrogen-bond acceptors (Lipinski definition) is 4. The highest BCUT2D eigenvalue weighted by Gasteiger charge is 2.44. The van der Waals surface area contributed by atoms with Crippen molar-refractivity contribution in [1.82, 2.24) is 9.88 Å². The van der Waals surface area contributed by atoms with E-state index in [1.807, 2.05) is 32.0 Å². The van der Waals surface area contributed by atoms with E-state index in [1.54, 1.807) is 17.9 Å². The predicted molar refractivity (Wildman–Crippen MR) is 120 cm³/mol. The van der Waals surface area contributed by atoms with Gasteiger partial charge in [-0.25, -0.2) is 0 Å². The average Bonchev–Trinajstić information content (AvgIpc) is 2.77. The van der Waals surface area contributed by atoms with Crippen LogP contribution in [-0.4, -0.2) is 41.5 Å². The van der Waals surface area contributed by atoms with Crippen LogP contribution in [0.15, 0.2) is 41.2 Å². The molecular weight excluding hydrogens is 392 g/mol. The molecule has 1 amide bonds. The third-order valence-electron chi connectivity index (χ3n) is 6.26. The molecule has 2 heterocycles. The van der Waals surface area contributed by atoms with Crippen LogP contribution in [0.25, 0.3) is 0 Å². The Hall–Kier alpha value is -2.89. The first-order chi connectivity index (χ1) is 14.9. The number of piperidine rings is 1. The van der Waals surface area contributed by atoms with E-state index in [0.717, 1.165) is 24.1 Å². The number of likely N-dealkylation sites (tertiary alicyclic amines) is 1. The molecule has 2 aromatic rings. The number of benzene rings is 1. The molecule has 0 aliphatic carbocycles. The van der Waals surface area contributed by atoms with Crippen molar-refractivity contribution in [3.05, 3.63) is 69.1 Å². The fourth-order valence-electron chi connectivity index (χ4n) is 4.39. The van der Waals surface area contributed by atoms with E-state index in [2.05, 4.69) is 17.1 Å². The van der Waals surface area contributed by atoms with Gasteiger partial charge in [-0.1, -0.05) is 30.3 Å². The van der Waals surface area contributed by atoms with Gasteiger partial charge >= 0.3 is 5.97 Å². The topological polar surface area (TPSA) is 79.5 Å². The van der Waals surface area contributed by atoms with Gasteiger partial charge in [0.1, 0.15) is 5.56 Å². The van der Waals surface area contributed by atoms with Gasteiger partial charge in [0.05, 0.1) is 12.0 Å². The normalized spacial score (nSPS) is 18.6. The summed E-state index contributed by atoms with van der Waals surface area (Å²) in [6.07, 6.45) is 3.74. The fourth-order valence-corrected chi connectivity index (χ4v) is 4.39. The molecule has 1 N–H and O–H groups in total. The standard InChI is InChI=1S/C25H32N2O4/c1-4-31-24(30)25(13-8-12-20-10-6-5-7-11-20)14-9-15-27(17-25)23(29)21-16-18(2)19(3)26-22(21)28/h5-7,10-11,16H,4,8-9,12-15,17H2,1-3H3,(H,26,28). The van der Waals surface area contributed by atoms with Gasteiger partial charge in [-0.15, -0.1) is 0 Å². The Morgan fingerprint density at radius 3 is 2.65 bits per heavy atom. The Morgan fingerprint density at radius 2 is 1.94 bits per heavy atom. The number of hydrogen-bond donors (Lipinski definition) is 1. The highest BCUT2D eigenvalue weighted by Crippen LogP contribution is 2.37. The van der Waals surface area contributed by atoms with E-state index in [-0.39, 0.29) is 29.5 Å². The zero-order valence-electron chi connectivity index (χ0n) is 18.7. The molecule has 0 bridgehead atoms. The smallest absolute Gasteiger partial charge is 0.313 e. The third-order valence-corrected chi connectivity index (χ3v) is 6.26. The maximum absolute atomic E-state index is 13.2. The summed E-state index contributed by atoms with van der Waals surface area (Å²) >= 11 is 0. The van der Waals surface area contributed by atoms with Crippen molar-refractivity contribution < 1.29 is 14.3 Å². The van der Waals surface area contributed by atoms with Crippen LogP contribution in [0.4, 0.5) is 0 Å². The summed E-state index contributed by atoms with van der Waals surface area (Å²) in [7, 11) is 0. The van der Waals surface area contributed by atoms with E-state index in [4.69, 9.17) is 4.74 Å². The van der Waals surface area contributed by atoms with Crippen molar-refractivity contribution in [2.45, 2.75) is 52.9 Å². The fraction of sp³-hybridized carbons (Fsp3) is 0.480. The van der Waals surface area contributed by atoms with E-state index >= 15 is 0 Å². The van der Waals surface area contributed by atoms with Crippen molar-refractivity contribution in [3.8, 4) is 0 Å². The first-order valence-corrected chi connectivity index (χ1v) is 11.1. The van der Waals surface area contributed by atoms with Crippen LogP contribution < -0.4 is 5.56 Å². The molecule has 6 heteroatoms. The number of carbonyl (C=O) groups excluding carboxylic acids is 2. The number of nitrogens with one attached hydrogen (secondary N) is 1. The Balaban J connectivity index is 1.79. The van der Waals surface area contributed by atoms with Gasteiger partial charge in [-0.05, 0) is 70.1 Å². The average molecular weight is 425 g/mol. The van der Waals surface area contributed by atoms with E-state index < -0.39 is 5.41 Å². The zero-order chi connectivity index (χ0) is 22.4. The van der Waals surface area contributed by atoms with E-state index in [9.17, 15) is 14.4 Å². The summed E-state index contributed by atoms with van der Waals surface area (Å²) in [5.41, 5.74) is 1.86. The van der Waals surface area contributed by atoms with Crippen LogP contribution in [0.1, 0.15) is 59.8 Å². The molecule has 1 aliphatic heterocycles. The van der Waals surface area contributed by atoms with Crippen LogP contribution in [0.2, 0.25) is 0 Å². The lowest BCUT2D eigenvalue weighted by molar-refractivity contribution is -0.159. The van der Waals surface area contributed by atoms with Crippen molar-refractivity contribution in [2.75, 3.05) is 19.7 Å². The van der Waals surface area contributed by atoms with Crippen LogP contribution in [0, 0.1) is 19.3 Å². The Morgan fingerprint density at radius 1 is 1.19 bits per heavy atom. The third kappa shape index (κ3) is 5.24. The van der Waals surface area contributed by atoms with Crippen LogP contribution in [0.3, 0.4) is 0 Å². The Kier molecular flexibility index (Phi) is 7.31. The lowest BCUT2D eigenvalue weighted by Gasteiger charge is -2.41. The highest BCUT2D eigenvalue weighted by molar-refractivity contribution is 5.94. The lowest BCUT2D eigenvalue weighted by atomic mass is 9.75. The van der Waals surface area contributed by atoms with Crippen molar-refractivity contribution in [3.63, 3.8) is 0 Å². The minimum Gasteiger partial charge on any atom is -0.466 e.